The van der Waals surface area contributed by atoms with E-state index < -0.39 is 0 Å². The highest BCUT2D eigenvalue weighted by Crippen LogP contribution is 2.17. The summed E-state index contributed by atoms with van der Waals surface area (Å²) in [4.78, 5) is 10.4. The molecule has 0 amide bonds. The van der Waals surface area contributed by atoms with Gasteiger partial charge in [0.15, 0.2) is 0 Å². The Bertz CT molecular complexity index is 491. The molecule has 0 fully saturated rings. The van der Waals surface area contributed by atoms with Gasteiger partial charge in [-0.3, -0.25) is 4.98 Å². The molecule has 0 atom stereocenters. The normalized spacial score (nSPS) is 10.8. The largest absolute Gasteiger partial charge is 0.382 e. The predicted molar refractivity (Wildman–Crippen MR) is 69.3 cm³/mol. The van der Waals surface area contributed by atoms with Crippen LogP contribution in [-0.2, 0) is 6.54 Å². The summed E-state index contributed by atoms with van der Waals surface area (Å²) < 4.78 is 0. The highest BCUT2D eigenvalue weighted by molar-refractivity contribution is 5.59. The lowest BCUT2D eigenvalue weighted by molar-refractivity contribution is 0.402. The Morgan fingerprint density at radius 3 is 2.41 bits per heavy atom. The Labute approximate surface area is 101 Å². The van der Waals surface area contributed by atoms with Gasteiger partial charge in [0.1, 0.15) is 5.82 Å². The second-order valence-electron chi connectivity index (χ2n) is 4.26. The molecule has 2 aromatic rings. The summed E-state index contributed by atoms with van der Waals surface area (Å²) in [5, 5.41) is 0. The van der Waals surface area contributed by atoms with Crippen molar-refractivity contribution in [2.75, 3.05) is 19.8 Å². The van der Waals surface area contributed by atoms with Crippen LogP contribution in [0.15, 0.2) is 36.7 Å². The van der Waals surface area contributed by atoms with Crippen molar-refractivity contribution >= 4 is 5.82 Å². The Balaban J connectivity index is 2.23. The maximum absolute atomic E-state index is 5.61. The van der Waals surface area contributed by atoms with Gasteiger partial charge in [0, 0.05) is 12.1 Å². The van der Waals surface area contributed by atoms with Gasteiger partial charge in [0.05, 0.1) is 18.1 Å². The van der Waals surface area contributed by atoms with Gasteiger partial charge in [-0.2, -0.15) is 0 Å². The van der Waals surface area contributed by atoms with Crippen molar-refractivity contribution < 1.29 is 0 Å². The van der Waals surface area contributed by atoms with E-state index in [0.717, 1.165) is 17.8 Å². The third kappa shape index (κ3) is 3.01. The highest BCUT2D eigenvalue weighted by atomic mass is 15.0. The van der Waals surface area contributed by atoms with Crippen LogP contribution in [0.1, 0.15) is 5.56 Å². The summed E-state index contributed by atoms with van der Waals surface area (Å²) in [5.74, 6) is 0.444. The number of rotatable bonds is 3. The zero-order valence-corrected chi connectivity index (χ0v) is 10.1. The van der Waals surface area contributed by atoms with Crippen LogP contribution in [0.25, 0.3) is 11.3 Å². The van der Waals surface area contributed by atoms with Gasteiger partial charge in [0.2, 0.25) is 0 Å². The highest BCUT2D eigenvalue weighted by Gasteiger charge is 2.01. The SMILES string of the molecule is CN(C)Cc1ccc(-c2cncc(N)n2)cc1. The van der Waals surface area contributed by atoms with Crippen LogP contribution in [-0.4, -0.2) is 29.0 Å². The minimum atomic E-state index is 0.444. The average molecular weight is 228 g/mol. The van der Waals surface area contributed by atoms with Gasteiger partial charge in [-0.05, 0) is 19.7 Å². The summed E-state index contributed by atoms with van der Waals surface area (Å²) in [6, 6.07) is 8.28. The first-order valence-electron chi connectivity index (χ1n) is 5.47. The van der Waals surface area contributed by atoms with Crippen molar-refractivity contribution in [3.8, 4) is 11.3 Å². The summed E-state index contributed by atoms with van der Waals surface area (Å²) in [5.41, 5.74) is 8.73. The molecule has 1 aromatic carbocycles. The lowest BCUT2D eigenvalue weighted by atomic mass is 10.1. The number of hydrogen-bond donors (Lipinski definition) is 1. The molecule has 0 aliphatic rings. The number of hydrogen-bond acceptors (Lipinski definition) is 4. The van der Waals surface area contributed by atoms with Crippen LogP contribution in [0.2, 0.25) is 0 Å². The maximum Gasteiger partial charge on any atom is 0.142 e. The Hall–Kier alpha value is -1.94. The zero-order valence-electron chi connectivity index (χ0n) is 10.1. The third-order valence-electron chi connectivity index (χ3n) is 2.40. The number of aromatic nitrogens is 2. The van der Waals surface area contributed by atoms with E-state index in [1.54, 1.807) is 12.4 Å². The molecular weight excluding hydrogens is 212 g/mol. The van der Waals surface area contributed by atoms with E-state index in [1.807, 2.05) is 12.1 Å². The summed E-state index contributed by atoms with van der Waals surface area (Å²) in [6.07, 6.45) is 3.27. The molecule has 4 heteroatoms. The monoisotopic (exact) mass is 228 g/mol. The van der Waals surface area contributed by atoms with Gasteiger partial charge < -0.3 is 10.6 Å². The Morgan fingerprint density at radius 1 is 1.12 bits per heavy atom. The van der Waals surface area contributed by atoms with E-state index in [4.69, 9.17) is 5.73 Å². The van der Waals surface area contributed by atoms with Gasteiger partial charge in [-0.15, -0.1) is 0 Å². The fourth-order valence-corrected chi connectivity index (χ4v) is 1.67. The summed E-state index contributed by atoms with van der Waals surface area (Å²) >= 11 is 0. The molecule has 0 saturated carbocycles. The van der Waals surface area contributed by atoms with Gasteiger partial charge in [-0.25, -0.2) is 4.98 Å². The maximum atomic E-state index is 5.61. The van der Waals surface area contributed by atoms with E-state index in [0.29, 0.717) is 5.82 Å². The molecule has 2 N–H and O–H groups in total. The van der Waals surface area contributed by atoms with E-state index in [9.17, 15) is 0 Å². The molecule has 1 aromatic heterocycles. The summed E-state index contributed by atoms with van der Waals surface area (Å²) in [6.45, 7) is 0.933. The molecule has 17 heavy (non-hydrogen) atoms. The second-order valence-corrected chi connectivity index (χ2v) is 4.26. The van der Waals surface area contributed by atoms with Gasteiger partial charge in [0.25, 0.3) is 0 Å². The third-order valence-corrected chi connectivity index (χ3v) is 2.40. The lowest BCUT2D eigenvalue weighted by Gasteiger charge is -2.09. The van der Waals surface area contributed by atoms with Crippen molar-refractivity contribution in [2.45, 2.75) is 6.54 Å². The minimum absolute atomic E-state index is 0.444. The molecule has 0 saturated heterocycles. The molecule has 0 aliphatic heterocycles. The predicted octanol–water partition coefficient (Wildman–Crippen LogP) is 1.79. The number of anilines is 1. The zero-order chi connectivity index (χ0) is 12.3. The standard InChI is InChI=1S/C13H16N4/c1-17(2)9-10-3-5-11(6-4-10)12-7-15-8-13(14)16-12/h3-8H,9H2,1-2H3,(H2,14,16). The fourth-order valence-electron chi connectivity index (χ4n) is 1.67. The van der Waals surface area contributed by atoms with Crippen LogP contribution in [0, 0.1) is 0 Å². The quantitative estimate of drug-likeness (QED) is 0.870. The Morgan fingerprint density at radius 2 is 1.82 bits per heavy atom. The van der Waals surface area contributed by atoms with Crippen LogP contribution in [0.5, 0.6) is 0 Å². The molecule has 0 unspecified atom stereocenters. The van der Waals surface area contributed by atoms with Crippen LogP contribution in [0.3, 0.4) is 0 Å². The van der Waals surface area contributed by atoms with Crippen molar-refractivity contribution in [1.29, 1.82) is 0 Å². The summed E-state index contributed by atoms with van der Waals surface area (Å²) in [7, 11) is 4.11. The molecule has 2 rings (SSSR count). The first-order valence-corrected chi connectivity index (χ1v) is 5.47. The fraction of sp³-hybridized carbons (Fsp3) is 0.231. The molecule has 0 bridgehead atoms. The van der Waals surface area contributed by atoms with Crippen molar-refractivity contribution in [3.05, 3.63) is 42.2 Å². The van der Waals surface area contributed by atoms with E-state index in [1.165, 1.54) is 5.56 Å². The molecule has 1 heterocycles. The van der Waals surface area contributed by atoms with E-state index in [2.05, 4.69) is 41.1 Å². The average Bonchev–Trinajstić information content (AvgIpc) is 2.29. The Kier molecular flexibility index (Phi) is 3.35. The number of nitrogen functional groups attached to an aromatic ring is 1. The molecule has 0 radical (unpaired) electrons. The van der Waals surface area contributed by atoms with Crippen LogP contribution in [0.4, 0.5) is 5.82 Å². The molecule has 88 valence electrons. The molecular formula is C13H16N4. The van der Waals surface area contributed by atoms with Crippen LogP contribution < -0.4 is 5.73 Å². The number of nitrogens with zero attached hydrogens (tertiary/aromatic N) is 3. The second kappa shape index (κ2) is 4.93. The number of benzene rings is 1. The van der Waals surface area contributed by atoms with Crippen molar-refractivity contribution in [1.82, 2.24) is 14.9 Å². The lowest BCUT2D eigenvalue weighted by Crippen LogP contribution is -2.10. The van der Waals surface area contributed by atoms with Crippen molar-refractivity contribution in [2.24, 2.45) is 0 Å². The molecule has 0 spiro atoms. The van der Waals surface area contributed by atoms with Gasteiger partial charge >= 0.3 is 0 Å². The minimum Gasteiger partial charge on any atom is -0.382 e. The number of nitrogens with two attached hydrogens (primary N) is 1. The van der Waals surface area contributed by atoms with E-state index in [-0.39, 0.29) is 0 Å². The van der Waals surface area contributed by atoms with E-state index >= 15 is 0 Å². The first-order chi connectivity index (χ1) is 8.15. The van der Waals surface area contributed by atoms with Crippen LogP contribution >= 0.6 is 0 Å². The van der Waals surface area contributed by atoms with Gasteiger partial charge in [-0.1, -0.05) is 24.3 Å². The first kappa shape index (κ1) is 11.5. The smallest absolute Gasteiger partial charge is 0.142 e. The topological polar surface area (TPSA) is 55.0 Å². The van der Waals surface area contributed by atoms with Crippen molar-refractivity contribution in [3.63, 3.8) is 0 Å². The molecule has 0 aliphatic carbocycles. The molecule has 4 nitrogen and oxygen atoms in total.